The smallest absolute Gasteiger partial charge is 0.229 e. The Morgan fingerprint density at radius 3 is 2.58 bits per heavy atom. The third-order valence-electron chi connectivity index (χ3n) is 2.76. The zero-order valence-corrected chi connectivity index (χ0v) is 11.8. The molecule has 0 N–H and O–H groups in total. The van der Waals surface area contributed by atoms with E-state index in [0.29, 0.717) is 11.8 Å². The minimum absolute atomic E-state index is 0.239. The second-order valence-electron chi connectivity index (χ2n) is 4.33. The van der Waals surface area contributed by atoms with Gasteiger partial charge < -0.3 is 4.90 Å². The van der Waals surface area contributed by atoms with Crippen LogP contribution in [0.1, 0.15) is 17.8 Å². The van der Waals surface area contributed by atoms with Gasteiger partial charge in [-0.1, -0.05) is 0 Å². The van der Waals surface area contributed by atoms with E-state index in [1.807, 2.05) is 43.4 Å². The zero-order chi connectivity index (χ0) is 13.7. The van der Waals surface area contributed by atoms with Crippen LogP contribution in [0.15, 0.2) is 24.5 Å². The van der Waals surface area contributed by atoms with Crippen LogP contribution in [0.2, 0.25) is 5.28 Å². The Balaban J connectivity index is 1.89. The molecule has 100 valence electrons. The van der Waals surface area contributed by atoms with Gasteiger partial charge in [0.15, 0.2) is 0 Å². The van der Waals surface area contributed by atoms with E-state index in [4.69, 9.17) is 11.6 Å². The van der Waals surface area contributed by atoms with Crippen LogP contribution in [-0.4, -0.2) is 33.5 Å². The van der Waals surface area contributed by atoms with Gasteiger partial charge in [0, 0.05) is 26.0 Å². The van der Waals surface area contributed by atoms with Gasteiger partial charge >= 0.3 is 0 Å². The van der Waals surface area contributed by atoms with E-state index in [-0.39, 0.29) is 5.28 Å². The van der Waals surface area contributed by atoms with Crippen LogP contribution in [0.25, 0.3) is 0 Å². The summed E-state index contributed by atoms with van der Waals surface area (Å²) < 4.78 is 0. The fraction of sp³-hybridized carbons (Fsp3) is 0.385. The number of anilines is 1. The molecule has 0 aliphatic carbocycles. The van der Waals surface area contributed by atoms with Crippen molar-refractivity contribution in [3.63, 3.8) is 0 Å². The molecule has 2 rings (SSSR count). The molecule has 0 unspecified atom stereocenters. The fourth-order valence-corrected chi connectivity index (χ4v) is 1.97. The summed E-state index contributed by atoms with van der Waals surface area (Å²) >= 11 is 5.83. The van der Waals surface area contributed by atoms with Crippen LogP contribution in [0.3, 0.4) is 0 Å². The van der Waals surface area contributed by atoms with Crippen LogP contribution < -0.4 is 4.90 Å². The maximum absolute atomic E-state index is 5.83. The van der Waals surface area contributed by atoms with E-state index >= 15 is 0 Å². The standard InChI is InChI=1S/C13H16ClN5/c1-10-16-12(14)18-13(17-10)19(2)9-3-4-11-5-7-15-8-6-11/h5-8H,3-4,9H2,1-2H3. The van der Waals surface area contributed by atoms with Crippen molar-refractivity contribution in [2.24, 2.45) is 0 Å². The van der Waals surface area contributed by atoms with Gasteiger partial charge in [-0.2, -0.15) is 9.97 Å². The molecular weight excluding hydrogens is 262 g/mol. The third-order valence-corrected chi connectivity index (χ3v) is 2.93. The van der Waals surface area contributed by atoms with E-state index in [1.54, 1.807) is 0 Å². The first-order valence-corrected chi connectivity index (χ1v) is 6.51. The van der Waals surface area contributed by atoms with E-state index in [2.05, 4.69) is 19.9 Å². The van der Waals surface area contributed by atoms with Crippen molar-refractivity contribution in [1.82, 2.24) is 19.9 Å². The highest BCUT2D eigenvalue weighted by atomic mass is 35.5. The molecule has 2 aromatic heterocycles. The highest BCUT2D eigenvalue weighted by Crippen LogP contribution is 2.10. The van der Waals surface area contributed by atoms with Crippen LogP contribution in [0.4, 0.5) is 5.95 Å². The van der Waals surface area contributed by atoms with Gasteiger partial charge in [-0.3, -0.25) is 4.98 Å². The molecule has 0 radical (unpaired) electrons. The second kappa shape index (κ2) is 6.43. The number of aromatic nitrogens is 4. The first-order valence-electron chi connectivity index (χ1n) is 6.13. The summed E-state index contributed by atoms with van der Waals surface area (Å²) in [6.45, 7) is 2.67. The Kier molecular flexibility index (Phi) is 4.63. The molecule has 5 nitrogen and oxygen atoms in total. The lowest BCUT2D eigenvalue weighted by molar-refractivity contribution is 0.757. The maximum atomic E-state index is 5.83. The molecule has 0 saturated carbocycles. The summed E-state index contributed by atoms with van der Waals surface area (Å²) in [5, 5.41) is 0.239. The summed E-state index contributed by atoms with van der Waals surface area (Å²) in [6.07, 6.45) is 5.65. The number of aryl methyl sites for hydroxylation is 2. The number of halogens is 1. The molecule has 0 aliphatic heterocycles. The average molecular weight is 278 g/mol. The van der Waals surface area contributed by atoms with Gasteiger partial charge in [-0.15, -0.1) is 0 Å². The lowest BCUT2D eigenvalue weighted by Gasteiger charge is -2.16. The van der Waals surface area contributed by atoms with Gasteiger partial charge in [0.1, 0.15) is 5.82 Å². The summed E-state index contributed by atoms with van der Waals surface area (Å²) in [4.78, 5) is 18.3. The minimum atomic E-state index is 0.239. The van der Waals surface area contributed by atoms with Crippen LogP contribution >= 0.6 is 11.6 Å². The lowest BCUT2D eigenvalue weighted by atomic mass is 10.1. The van der Waals surface area contributed by atoms with Crippen molar-refractivity contribution >= 4 is 17.5 Å². The van der Waals surface area contributed by atoms with E-state index in [0.717, 1.165) is 19.4 Å². The lowest BCUT2D eigenvalue weighted by Crippen LogP contribution is -2.22. The molecule has 0 fully saturated rings. The van der Waals surface area contributed by atoms with E-state index in [9.17, 15) is 0 Å². The SMILES string of the molecule is Cc1nc(Cl)nc(N(C)CCCc2ccncc2)n1. The average Bonchev–Trinajstić information content (AvgIpc) is 2.38. The van der Waals surface area contributed by atoms with Crippen molar-refractivity contribution in [3.8, 4) is 0 Å². The van der Waals surface area contributed by atoms with Gasteiger partial charge in [-0.25, -0.2) is 4.98 Å². The third kappa shape index (κ3) is 4.13. The van der Waals surface area contributed by atoms with Gasteiger partial charge in [0.05, 0.1) is 0 Å². The molecular formula is C13H16ClN5. The monoisotopic (exact) mass is 277 g/mol. The molecule has 0 amide bonds. The Hall–Kier alpha value is -1.75. The molecule has 0 bridgehead atoms. The van der Waals surface area contributed by atoms with Crippen LogP contribution in [0, 0.1) is 6.92 Å². The first kappa shape index (κ1) is 13.7. The molecule has 2 aromatic rings. The normalized spacial score (nSPS) is 10.5. The largest absolute Gasteiger partial charge is 0.344 e. The topological polar surface area (TPSA) is 54.8 Å². The Morgan fingerprint density at radius 2 is 1.89 bits per heavy atom. The van der Waals surface area contributed by atoms with Crippen molar-refractivity contribution in [2.75, 3.05) is 18.5 Å². The molecule has 0 saturated heterocycles. The molecule has 2 heterocycles. The number of nitrogens with zero attached hydrogens (tertiary/aromatic N) is 5. The van der Waals surface area contributed by atoms with Gasteiger partial charge in [0.2, 0.25) is 11.2 Å². The fourth-order valence-electron chi connectivity index (χ4n) is 1.78. The van der Waals surface area contributed by atoms with Crippen molar-refractivity contribution < 1.29 is 0 Å². The quantitative estimate of drug-likeness (QED) is 0.839. The van der Waals surface area contributed by atoms with Gasteiger partial charge in [0.25, 0.3) is 0 Å². The molecule has 0 aromatic carbocycles. The summed E-state index contributed by atoms with van der Waals surface area (Å²) in [5.74, 6) is 1.25. The Labute approximate surface area is 117 Å². The highest BCUT2D eigenvalue weighted by Gasteiger charge is 2.07. The molecule has 19 heavy (non-hydrogen) atoms. The van der Waals surface area contributed by atoms with Crippen molar-refractivity contribution in [3.05, 3.63) is 41.2 Å². The first-order chi connectivity index (χ1) is 9.15. The zero-order valence-electron chi connectivity index (χ0n) is 11.0. The van der Waals surface area contributed by atoms with Crippen LogP contribution in [0.5, 0.6) is 0 Å². The number of hydrogen-bond donors (Lipinski definition) is 0. The predicted molar refractivity (Wildman–Crippen MR) is 75.4 cm³/mol. The Bertz CT molecular complexity index is 512. The number of pyridine rings is 1. The van der Waals surface area contributed by atoms with Crippen molar-refractivity contribution in [2.45, 2.75) is 19.8 Å². The Morgan fingerprint density at radius 1 is 1.16 bits per heavy atom. The molecule has 0 spiro atoms. The highest BCUT2D eigenvalue weighted by molar-refractivity contribution is 6.28. The van der Waals surface area contributed by atoms with Gasteiger partial charge in [-0.05, 0) is 49.1 Å². The summed E-state index contributed by atoms with van der Waals surface area (Å²) in [7, 11) is 1.96. The maximum Gasteiger partial charge on any atom is 0.229 e. The number of rotatable bonds is 5. The van der Waals surface area contributed by atoms with E-state index in [1.165, 1.54) is 5.56 Å². The van der Waals surface area contributed by atoms with E-state index < -0.39 is 0 Å². The minimum Gasteiger partial charge on any atom is -0.344 e. The molecule has 0 atom stereocenters. The number of hydrogen-bond acceptors (Lipinski definition) is 5. The second-order valence-corrected chi connectivity index (χ2v) is 4.67. The summed E-state index contributed by atoms with van der Waals surface area (Å²) in [5.41, 5.74) is 1.29. The summed E-state index contributed by atoms with van der Waals surface area (Å²) in [6, 6.07) is 4.06. The predicted octanol–water partition coefficient (Wildman–Crippen LogP) is 2.30. The molecule has 6 heteroatoms. The van der Waals surface area contributed by atoms with Crippen LogP contribution in [-0.2, 0) is 6.42 Å². The molecule has 0 aliphatic rings. The van der Waals surface area contributed by atoms with Crippen molar-refractivity contribution in [1.29, 1.82) is 0 Å².